The number of methoxy groups -OCH3 is 1. The topological polar surface area (TPSA) is 75.0 Å². The highest BCUT2D eigenvalue weighted by atomic mass is 32.1. The summed E-state index contributed by atoms with van der Waals surface area (Å²) in [4.78, 5) is 29.0. The number of carboxylic acids is 1. The zero-order valence-electron chi connectivity index (χ0n) is 21.8. The molecule has 1 unspecified atom stereocenters. The first-order chi connectivity index (χ1) is 18.9. The molecule has 1 saturated heterocycles. The summed E-state index contributed by atoms with van der Waals surface area (Å²) in [5.41, 5.74) is -0.695. The average Bonchev–Trinajstić information content (AvgIpc) is 3.73. The fraction of sp³-hybridized carbons (Fsp3) is 0.393. The fourth-order valence-corrected chi connectivity index (χ4v) is 5.78. The van der Waals surface area contributed by atoms with Gasteiger partial charge in [0.1, 0.15) is 11.3 Å². The van der Waals surface area contributed by atoms with Gasteiger partial charge in [-0.1, -0.05) is 24.4 Å². The molecule has 0 amide bonds. The van der Waals surface area contributed by atoms with Gasteiger partial charge in [-0.25, -0.2) is 9.18 Å². The minimum Gasteiger partial charge on any atom is -0.492 e. The number of pyridine rings is 1. The Morgan fingerprint density at radius 1 is 1.18 bits per heavy atom. The van der Waals surface area contributed by atoms with Gasteiger partial charge in [0, 0.05) is 44.3 Å². The standard InChI is InChI=1S/C28H27F4N3O4S/c1-15-13-33(9-10-34(15)22(40)11-16-3-5-17(6-4-16)28(30,31)32)24-21(29)12-19-23(26(24)39-2)35(18-7-8-18)14-20(25(19)36)27(37)38/h3-6,12,14-15,18H,7-11,13H2,1-2H3,(H,37,38). The van der Waals surface area contributed by atoms with Crippen LogP contribution in [0.4, 0.5) is 23.2 Å². The maximum atomic E-state index is 15.7. The van der Waals surface area contributed by atoms with E-state index < -0.39 is 34.5 Å². The summed E-state index contributed by atoms with van der Waals surface area (Å²) >= 11 is 5.63. The van der Waals surface area contributed by atoms with Crippen LogP contribution in [0.15, 0.2) is 41.3 Å². The van der Waals surface area contributed by atoms with Gasteiger partial charge in [-0.15, -0.1) is 0 Å². The summed E-state index contributed by atoms with van der Waals surface area (Å²) in [6, 6.07) is 5.83. The second-order valence-electron chi connectivity index (χ2n) is 10.2. The number of alkyl halides is 3. The summed E-state index contributed by atoms with van der Waals surface area (Å²) in [5.74, 6) is -1.90. The molecule has 1 aromatic heterocycles. The van der Waals surface area contributed by atoms with Crippen molar-refractivity contribution in [3.05, 3.63) is 69.3 Å². The van der Waals surface area contributed by atoms with Crippen molar-refractivity contribution in [2.24, 2.45) is 0 Å². The molecule has 2 heterocycles. The molecule has 3 aromatic rings. The molecule has 1 N–H and O–H groups in total. The van der Waals surface area contributed by atoms with E-state index in [1.807, 2.05) is 16.7 Å². The highest BCUT2D eigenvalue weighted by Gasteiger charge is 2.34. The SMILES string of the molecule is COc1c(N2CCN(C(=S)Cc3ccc(C(F)(F)F)cc3)C(C)C2)c(F)cc2c(=O)c(C(=O)O)cn(C3CC3)c12. The smallest absolute Gasteiger partial charge is 0.416 e. The Morgan fingerprint density at radius 3 is 2.40 bits per heavy atom. The van der Waals surface area contributed by atoms with Crippen LogP contribution in [0.25, 0.3) is 10.9 Å². The van der Waals surface area contributed by atoms with E-state index in [1.165, 1.54) is 25.4 Å². The second-order valence-corrected chi connectivity index (χ2v) is 10.7. The zero-order valence-corrected chi connectivity index (χ0v) is 22.6. The molecule has 1 aliphatic heterocycles. The molecule has 2 fully saturated rings. The monoisotopic (exact) mass is 577 g/mol. The molecule has 1 saturated carbocycles. The quantitative estimate of drug-likeness (QED) is 0.316. The van der Waals surface area contributed by atoms with E-state index >= 15 is 4.39 Å². The lowest BCUT2D eigenvalue weighted by Gasteiger charge is -2.43. The number of carbonyl (C=O) groups is 1. The van der Waals surface area contributed by atoms with Crippen molar-refractivity contribution in [3.63, 3.8) is 0 Å². The Balaban J connectivity index is 1.42. The number of aromatic carboxylic acids is 1. The molecular weight excluding hydrogens is 550 g/mol. The van der Waals surface area contributed by atoms with Crippen LogP contribution in [-0.2, 0) is 12.6 Å². The van der Waals surface area contributed by atoms with E-state index in [1.54, 1.807) is 4.57 Å². The van der Waals surface area contributed by atoms with E-state index in [4.69, 9.17) is 17.0 Å². The molecule has 0 spiro atoms. The molecule has 12 heteroatoms. The maximum absolute atomic E-state index is 15.7. The van der Waals surface area contributed by atoms with Gasteiger partial charge in [-0.2, -0.15) is 13.2 Å². The van der Waals surface area contributed by atoms with E-state index in [2.05, 4.69) is 0 Å². The number of piperazine rings is 1. The number of benzene rings is 2. The van der Waals surface area contributed by atoms with Gasteiger partial charge in [0.15, 0.2) is 11.6 Å². The summed E-state index contributed by atoms with van der Waals surface area (Å²) < 4.78 is 61.7. The van der Waals surface area contributed by atoms with Crippen LogP contribution in [0.5, 0.6) is 5.75 Å². The number of ether oxygens (including phenoxy) is 1. The molecule has 2 aliphatic rings. The second kappa shape index (κ2) is 10.4. The highest BCUT2D eigenvalue weighted by molar-refractivity contribution is 7.80. The third-order valence-corrected chi connectivity index (χ3v) is 7.85. The van der Waals surface area contributed by atoms with Gasteiger partial charge in [0.2, 0.25) is 5.43 Å². The first-order valence-corrected chi connectivity index (χ1v) is 13.2. The number of rotatable bonds is 6. The van der Waals surface area contributed by atoms with E-state index in [0.717, 1.165) is 31.0 Å². The minimum atomic E-state index is -4.41. The predicted molar refractivity (Wildman–Crippen MR) is 146 cm³/mol. The number of thiocarbonyl (C=S) groups is 1. The fourth-order valence-electron chi connectivity index (χ4n) is 5.34. The number of hydrogen-bond donors (Lipinski definition) is 1. The summed E-state index contributed by atoms with van der Waals surface area (Å²) in [5, 5.41) is 9.49. The number of carboxylic acid groups (broad SMARTS) is 1. The van der Waals surface area contributed by atoms with Crippen molar-refractivity contribution in [2.45, 2.75) is 44.4 Å². The Morgan fingerprint density at radius 2 is 1.85 bits per heavy atom. The van der Waals surface area contributed by atoms with Crippen molar-refractivity contribution in [3.8, 4) is 5.75 Å². The van der Waals surface area contributed by atoms with Gasteiger partial charge in [-0.3, -0.25) is 4.79 Å². The van der Waals surface area contributed by atoms with Crippen LogP contribution >= 0.6 is 12.2 Å². The molecule has 7 nitrogen and oxygen atoms in total. The number of anilines is 1. The molecular formula is C28H27F4N3O4S. The minimum absolute atomic E-state index is 0.00764. The highest BCUT2D eigenvalue weighted by Crippen LogP contribution is 2.44. The summed E-state index contributed by atoms with van der Waals surface area (Å²) in [6.07, 6.45) is -1.19. The predicted octanol–water partition coefficient (Wildman–Crippen LogP) is 5.28. The number of nitrogens with zero attached hydrogens (tertiary/aromatic N) is 3. The van der Waals surface area contributed by atoms with Crippen LogP contribution in [0.3, 0.4) is 0 Å². The summed E-state index contributed by atoms with van der Waals surface area (Å²) in [6.45, 7) is 3.11. The third kappa shape index (κ3) is 5.12. The summed E-state index contributed by atoms with van der Waals surface area (Å²) in [7, 11) is 1.39. The van der Waals surface area contributed by atoms with Gasteiger partial charge in [0.05, 0.1) is 28.6 Å². The lowest BCUT2D eigenvalue weighted by atomic mass is 10.1. The Kier molecular flexibility index (Phi) is 7.24. The van der Waals surface area contributed by atoms with Crippen molar-refractivity contribution < 1.29 is 32.2 Å². The van der Waals surface area contributed by atoms with Gasteiger partial charge < -0.3 is 24.2 Å². The Labute approximate surface area is 232 Å². The van der Waals surface area contributed by atoms with Crippen molar-refractivity contribution in [1.29, 1.82) is 0 Å². The lowest BCUT2D eigenvalue weighted by molar-refractivity contribution is -0.137. The molecule has 0 bridgehead atoms. The molecule has 2 aromatic carbocycles. The lowest BCUT2D eigenvalue weighted by Crippen LogP contribution is -2.54. The van der Waals surface area contributed by atoms with E-state index in [9.17, 15) is 27.9 Å². The van der Waals surface area contributed by atoms with Gasteiger partial charge >= 0.3 is 12.1 Å². The number of halogens is 4. The van der Waals surface area contributed by atoms with E-state index in [-0.39, 0.29) is 28.9 Å². The van der Waals surface area contributed by atoms with Crippen molar-refractivity contribution >= 4 is 39.8 Å². The Bertz CT molecular complexity index is 1550. The van der Waals surface area contributed by atoms with E-state index in [0.29, 0.717) is 42.1 Å². The molecule has 5 rings (SSSR count). The van der Waals surface area contributed by atoms with Crippen LogP contribution in [0.1, 0.15) is 47.3 Å². The van der Waals surface area contributed by atoms with Crippen molar-refractivity contribution in [1.82, 2.24) is 9.47 Å². The van der Waals surface area contributed by atoms with Crippen LogP contribution in [0.2, 0.25) is 0 Å². The largest absolute Gasteiger partial charge is 0.492 e. The van der Waals surface area contributed by atoms with Crippen molar-refractivity contribution in [2.75, 3.05) is 31.6 Å². The molecule has 40 heavy (non-hydrogen) atoms. The van der Waals surface area contributed by atoms with Gasteiger partial charge in [-0.05, 0) is 43.5 Å². The number of hydrogen-bond acceptors (Lipinski definition) is 5. The van der Waals surface area contributed by atoms with Crippen LogP contribution in [-0.4, -0.2) is 58.3 Å². The molecule has 1 atom stereocenters. The number of fused-ring (bicyclic) bond motifs is 1. The zero-order chi connectivity index (χ0) is 28.9. The molecule has 212 valence electrons. The maximum Gasteiger partial charge on any atom is 0.416 e. The Hall–Kier alpha value is -3.67. The van der Waals surface area contributed by atoms with Crippen LogP contribution < -0.4 is 15.1 Å². The average molecular weight is 578 g/mol. The normalized spacial score (nSPS) is 17.8. The first kappa shape index (κ1) is 27.9. The first-order valence-electron chi connectivity index (χ1n) is 12.8. The number of aromatic nitrogens is 1. The van der Waals surface area contributed by atoms with Crippen LogP contribution in [0, 0.1) is 5.82 Å². The molecule has 1 aliphatic carbocycles. The molecule has 0 radical (unpaired) electrons. The van der Waals surface area contributed by atoms with Gasteiger partial charge in [0.25, 0.3) is 0 Å². The third-order valence-electron chi connectivity index (χ3n) is 7.47.